The molecule has 0 aromatic heterocycles. The van der Waals surface area contributed by atoms with Gasteiger partial charge in [-0.15, -0.1) is 0 Å². The number of hydrogen-bond acceptors (Lipinski definition) is 2. The van der Waals surface area contributed by atoms with Crippen molar-refractivity contribution in [2.75, 3.05) is 6.79 Å². The summed E-state index contributed by atoms with van der Waals surface area (Å²) in [7, 11) is 0. The highest BCUT2D eigenvalue weighted by Crippen LogP contribution is 2.46. The fraction of sp³-hybridized carbons (Fsp3) is 1.00. The van der Waals surface area contributed by atoms with Crippen molar-refractivity contribution in [3.63, 3.8) is 0 Å². The first-order chi connectivity index (χ1) is 7.79. The van der Waals surface area contributed by atoms with Crippen LogP contribution in [0.4, 0.5) is 13.2 Å². The first-order valence-electron chi connectivity index (χ1n) is 6.12. The van der Waals surface area contributed by atoms with Gasteiger partial charge in [0, 0.05) is 0 Å². The average Bonchev–Trinajstić information content (AvgIpc) is 2.76. The minimum atomic E-state index is -4.36. The van der Waals surface area contributed by atoms with Crippen LogP contribution < -0.4 is 0 Å². The predicted molar refractivity (Wildman–Crippen MR) is 56.4 cm³/mol. The smallest absolute Gasteiger partial charge is 0.352 e. The molecule has 0 radical (unpaired) electrons. The summed E-state index contributed by atoms with van der Waals surface area (Å²) in [5, 5.41) is 0. The largest absolute Gasteiger partial charge is 0.417 e. The van der Waals surface area contributed by atoms with E-state index >= 15 is 0 Å². The van der Waals surface area contributed by atoms with Crippen molar-refractivity contribution in [1.29, 1.82) is 0 Å². The molecule has 0 aromatic carbocycles. The van der Waals surface area contributed by atoms with Gasteiger partial charge in [0.25, 0.3) is 0 Å². The maximum atomic E-state index is 12.5. The molecule has 0 aromatic rings. The van der Waals surface area contributed by atoms with E-state index in [9.17, 15) is 13.2 Å². The summed E-state index contributed by atoms with van der Waals surface area (Å²) in [5.74, 6) is 1.26. The summed E-state index contributed by atoms with van der Waals surface area (Å²) < 4.78 is 47.8. The molecule has 17 heavy (non-hydrogen) atoms. The summed E-state index contributed by atoms with van der Waals surface area (Å²) in [6.45, 7) is 1.79. The zero-order chi connectivity index (χ0) is 12.7. The zero-order valence-corrected chi connectivity index (χ0v) is 10.2. The summed E-state index contributed by atoms with van der Waals surface area (Å²) in [5.41, 5.74) is -2.13. The fourth-order valence-corrected chi connectivity index (χ4v) is 2.74. The molecule has 2 fully saturated rings. The van der Waals surface area contributed by atoms with Crippen molar-refractivity contribution < 1.29 is 22.6 Å². The van der Waals surface area contributed by atoms with Crippen LogP contribution in [0.3, 0.4) is 0 Å². The molecule has 3 unspecified atom stereocenters. The molecule has 100 valence electrons. The molecule has 2 bridgehead atoms. The first kappa shape index (κ1) is 13.1. The molecule has 0 saturated heterocycles. The standard InChI is InChI=1S/C12H19F3O2/c1-11(2,12(13,14)15)17-7-16-10-6-8-3-4-9(10)5-8/h8-10H,3-7H2,1-2H3. The van der Waals surface area contributed by atoms with E-state index in [-0.39, 0.29) is 12.9 Å². The Morgan fingerprint density at radius 3 is 2.29 bits per heavy atom. The van der Waals surface area contributed by atoms with Crippen LogP contribution in [-0.4, -0.2) is 24.7 Å². The minimum absolute atomic E-state index is 0.109. The van der Waals surface area contributed by atoms with E-state index in [0.29, 0.717) is 5.92 Å². The molecule has 0 aliphatic heterocycles. The van der Waals surface area contributed by atoms with E-state index in [1.165, 1.54) is 12.8 Å². The third-order valence-corrected chi connectivity index (χ3v) is 4.06. The lowest BCUT2D eigenvalue weighted by Gasteiger charge is -2.29. The highest BCUT2D eigenvalue weighted by Gasteiger charge is 2.49. The van der Waals surface area contributed by atoms with E-state index in [1.54, 1.807) is 0 Å². The molecule has 3 atom stereocenters. The molecule has 2 aliphatic rings. The van der Waals surface area contributed by atoms with Crippen LogP contribution in [0.25, 0.3) is 0 Å². The van der Waals surface area contributed by atoms with Gasteiger partial charge in [-0.3, -0.25) is 0 Å². The van der Waals surface area contributed by atoms with Crippen molar-refractivity contribution >= 4 is 0 Å². The number of fused-ring (bicyclic) bond motifs is 2. The van der Waals surface area contributed by atoms with Crippen LogP contribution in [-0.2, 0) is 9.47 Å². The highest BCUT2D eigenvalue weighted by molar-refractivity contribution is 4.90. The van der Waals surface area contributed by atoms with Crippen molar-refractivity contribution in [2.24, 2.45) is 11.8 Å². The van der Waals surface area contributed by atoms with Gasteiger partial charge < -0.3 is 9.47 Å². The van der Waals surface area contributed by atoms with E-state index in [2.05, 4.69) is 0 Å². The molecule has 0 spiro atoms. The molecule has 0 heterocycles. The third-order valence-electron chi connectivity index (χ3n) is 4.06. The Labute approximate surface area is 99.5 Å². The van der Waals surface area contributed by atoms with Gasteiger partial charge in [0.2, 0.25) is 0 Å². The molecular weight excluding hydrogens is 233 g/mol. The van der Waals surface area contributed by atoms with Gasteiger partial charge in [0.05, 0.1) is 6.10 Å². The summed E-state index contributed by atoms with van der Waals surface area (Å²) >= 11 is 0. The maximum Gasteiger partial charge on any atom is 0.417 e. The maximum absolute atomic E-state index is 12.5. The minimum Gasteiger partial charge on any atom is -0.352 e. The van der Waals surface area contributed by atoms with Gasteiger partial charge >= 0.3 is 6.18 Å². The number of hydrogen-bond donors (Lipinski definition) is 0. The van der Waals surface area contributed by atoms with Crippen LogP contribution in [0, 0.1) is 11.8 Å². The van der Waals surface area contributed by atoms with E-state index in [1.807, 2.05) is 0 Å². The second-order valence-electron chi connectivity index (χ2n) is 5.65. The Morgan fingerprint density at radius 1 is 1.12 bits per heavy atom. The van der Waals surface area contributed by atoms with Crippen LogP contribution in [0.1, 0.15) is 39.5 Å². The Bertz CT molecular complexity index is 275. The lowest BCUT2D eigenvalue weighted by molar-refractivity contribution is -0.289. The fourth-order valence-electron chi connectivity index (χ4n) is 2.74. The molecule has 2 rings (SSSR count). The SMILES string of the molecule is CC(C)(OCOC1CC2CCC1C2)C(F)(F)F. The van der Waals surface area contributed by atoms with Gasteiger partial charge in [-0.1, -0.05) is 0 Å². The summed E-state index contributed by atoms with van der Waals surface area (Å²) in [4.78, 5) is 0. The third kappa shape index (κ3) is 2.76. The van der Waals surface area contributed by atoms with E-state index < -0.39 is 11.8 Å². The van der Waals surface area contributed by atoms with Gasteiger partial charge in [-0.2, -0.15) is 13.2 Å². The van der Waals surface area contributed by atoms with Gasteiger partial charge in [0.1, 0.15) is 6.79 Å². The van der Waals surface area contributed by atoms with Crippen LogP contribution in [0.2, 0.25) is 0 Å². The molecule has 0 amide bonds. The Kier molecular flexibility index (Phi) is 3.42. The van der Waals surface area contributed by atoms with Crippen LogP contribution >= 0.6 is 0 Å². The Morgan fingerprint density at radius 2 is 1.82 bits per heavy atom. The molecule has 5 heteroatoms. The van der Waals surface area contributed by atoms with Gasteiger partial charge in [-0.25, -0.2) is 0 Å². The second-order valence-corrected chi connectivity index (χ2v) is 5.65. The second kappa shape index (κ2) is 4.43. The lowest BCUT2D eigenvalue weighted by atomic mass is 9.98. The van der Waals surface area contributed by atoms with Gasteiger partial charge in [-0.05, 0) is 51.4 Å². The van der Waals surface area contributed by atoms with Crippen molar-refractivity contribution in [3.05, 3.63) is 0 Å². The average molecular weight is 252 g/mol. The quantitative estimate of drug-likeness (QED) is 0.713. The highest BCUT2D eigenvalue weighted by atomic mass is 19.4. The molecule has 2 aliphatic carbocycles. The molecular formula is C12H19F3O2. The van der Waals surface area contributed by atoms with Crippen molar-refractivity contribution in [1.82, 2.24) is 0 Å². The number of halogens is 3. The monoisotopic (exact) mass is 252 g/mol. The number of alkyl halides is 3. The van der Waals surface area contributed by atoms with Crippen molar-refractivity contribution in [2.45, 2.75) is 57.4 Å². The summed E-state index contributed by atoms with van der Waals surface area (Å²) in [6, 6.07) is 0. The normalized spacial score (nSPS) is 33.4. The Balaban J connectivity index is 1.73. The van der Waals surface area contributed by atoms with Gasteiger partial charge in [0.15, 0.2) is 5.60 Å². The topological polar surface area (TPSA) is 18.5 Å². The predicted octanol–water partition coefficient (Wildman–Crippen LogP) is 3.51. The molecule has 2 saturated carbocycles. The number of rotatable bonds is 4. The summed E-state index contributed by atoms with van der Waals surface area (Å²) in [6.07, 6.45) is 0.314. The molecule has 0 N–H and O–H groups in total. The first-order valence-corrected chi connectivity index (χ1v) is 6.12. The molecule has 2 nitrogen and oxygen atoms in total. The number of ether oxygens (including phenoxy) is 2. The van der Waals surface area contributed by atoms with E-state index in [4.69, 9.17) is 9.47 Å². The van der Waals surface area contributed by atoms with Crippen LogP contribution in [0.15, 0.2) is 0 Å². The Hall–Kier alpha value is -0.290. The van der Waals surface area contributed by atoms with E-state index in [0.717, 1.165) is 32.6 Å². The lowest BCUT2D eigenvalue weighted by Crippen LogP contribution is -2.42. The van der Waals surface area contributed by atoms with Crippen molar-refractivity contribution in [3.8, 4) is 0 Å². The van der Waals surface area contributed by atoms with Crippen LogP contribution in [0.5, 0.6) is 0 Å². The zero-order valence-electron chi connectivity index (χ0n) is 10.2.